The van der Waals surface area contributed by atoms with E-state index in [0.29, 0.717) is 27.3 Å². The van der Waals surface area contributed by atoms with Gasteiger partial charge in [-0.25, -0.2) is 0 Å². The minimum Gasteiger partial charge on any atom is -0.298 e. The number of hydrogen-bond donors (Lipinski definition) is 0. The van der Waals surface area contributed by atoms with Crippen LogP contribution in [0.25, 0.3) is 0 Å². The first kappa shape index (κ1) is 7.44. The lowest BCUT2D eigenvalue weighted by atomic mass is 10.3. The van der Waals surface area contributed by atoms with Gasteiger partial charge in [-0.3, -0.25) is 9.59 Å². The second-order valence-electron chi connectivity index (χ2n) is 1.61. The lowest BCUT2D eigenvalue weighted by Gasteiger charge is -1.78. The summed E-state index contributed by atoms with van der Waals surface area (Å²) in [6, 6.07) is 1.48. The van der Waals surface area contributed by atoms with Crippen molar-refractivity contribution in [3.8, 4) is 0 Å². The van der Waals surface area contributed by atoms with E-state index in [-0.39, 0.29) is 0 Å². The molecule has 0 spiro atoms. The van der Waals surface area contributed by atoms with Crippen molar-refractivity contribution < 1.29 is 9.59 Å². The van der Waals surface area contributed by atoms with Gasteiger partial charge in [0.25, 0.3) is 0 Å². The molecule has 52 valence electrons. The summed E-state index contributed by atoms with van der Waals surface area (Å²) >= 11 is 6.63. The fourth-order valence-electron chi connectivity index (χ4n) is 0.571. The van der Waals surface area contributed by atoms with Gasteiger partial charge in [-0.05, 0) is 6.07 Å². The zero-order chi connectivity index (χ0) is 7.56. The number of hydrogen-bond acceptors (Lipinski definition) is 3. The van der Waals surface area contributed by atoms with Crippen molar-refractivity contribution in [3.05, 3.63) is 20.8 Å². The molecule has 1 rings (SSSR count). The Bertz CT molecular complexity index is 241. The summed E-state index contributed by atoms with van der Waals surface area (Å²) < 4.78 is 0.462. The quantitative estimate of drug-likeness (QED) is 0.643. The molecule has 2 nitrogen and oxygen atoms in total. The van der Waals surface area contributed by atoms with Gasteiger partial charge >= 0.3 is 0 Å². The lowest BCUT2D eigenvalue weighted by Crippen LogP contribution is -1.79. The van der Waals surface area contributed by atoms with Crippen molar-refractivity contribution >= 4 is 35.5 Å². The standard InChI is InChI=1S/C6H3ClO2S/c7-6-1-4(2-8)5(3-9)10-6/h1-3H. The molecule has 0 aliphatic rings. The second-order valence-corrected chi connectivity index (χ2v) is 3.32. The van der Waals surface area contributed by atoms with Crippen LogP contribution in [0, 0.1) is 0 Å². The van der Waals surface area contributed by atoms with E-state index in [4.69, 9.17) is 11.6 Å². The van der Waals surface area contributed by atoms with Gasteiger partial charge in [0.1, 0.15) is 0 Å². The fourth-order valence-corrected chi connectivity index (χ4v) is 1.61. The summed E-state index contributed by atoms with van der Waals surface area (Å²) in [6.45, 7) is 0. The molecule has 0 atom stereocenters. The highest BCUT2D eigenvalue weighted by atomic mass is 35.5. The molecule has 0 saturated heterocycles. The van der Waals surface area contributed by atoms with Gasteiger partial charge in [-0.2, -0.15) is 0 Å². The molecule has 0 aromatic carbocycles. The smallest absolute Gasteiger partial charge is 0.160 e. The molecule has 0 N–H and O–H groups in total. The van der Waals surface area contributed by atoms with Crippen LogP contribution in [-0.2, 0) is 0 Å². The van der Waals surface area contributed by atoms with Crippen LogP contribution in [-0.4, -0.2) is 12.6 Å². The topological polar surface area (TPSA) is 34.1 Å². The SMILES string of the molecule is O=Cc1cc(Cl)sc1C=O. The van der Waals surface area contributed by atoms with Gasteiger partial charge in [0.15, 0.2) is 12.6 Å². The van der Waals surface area contributed by atoms with E-state index in [2.05, 4.69) is 0 Å². The third kappa shape index (κ3) is 1.25. The van der Waals surface area contributed by atoms with E-state index in [1.807, 2.05) is 0 Å². The Balaban J connectivity index is 3.20. The number of thiophene rings is 1. The molecular weight excluding hydrogens is 172 g/mol. The van der Waals surface area contributed by atoms with Crippen LogP contribution < -0.4 is 0 Å². The third-order valence-corrected chi connectivity index (χ3v) is 2.20. The van der Waals surface area contributed by atoms with E-state index in [9.17, 15) is 9.59 Å². The minimum absolute atomic E-state index is 0.366. The molecular formula is C6H3ClO2S. The first-order valence-corrected chi connectivity index (χ1v) is 3.67. The summed E-state index contributed by atoms with van der Waals surface area (Å²) in [5.74, 6) is 0. The maximum absolute atomic E-state index is 10.2. The Morgan fingerprint density at radius 2 is 2.10 bits per heavy atom. The van der Waals surface area contributed by atoms with Crippen molar-refractivity contribution in [1.82, 2.24) is 0 Å². The molecule has 1 aromatic rings. The average Bonchev–Trinajstić information content (AvgIpc) is 2.30. The highest BCUT2D eigenvalue weighted by molar-refractivity contribution is 7.18. The number of halogens is 1. The van der Waals surface area contributed by atoms with Crippen LogP contribution in [0.4, 0.5) is 0 Å². The van der Waals surface area contributed by atoms with E-state index < -0.39 is 0 Å². The molecule has 0 fully saturated rings. The largest absolute Gasteiger partial charge is 0.298 e. The zero-order valence-corrected chi connectivity index (χ0v) is 6.41. The predicted octanol–water partition coefficient (Wildman–Crippen LogP) is 2.03. The molecule has 4 heteroatoms. The molecule has 1 aromatic heterocycles. The molecule has 10 heavy (non-hydrogen) atoms. The Labute approximate surface area is 66.4 Å². The summed E-state index contributed by atoms with van der Waals surface area (Å²) in [5, 5.41) is 0. The van der Waals surface area contributed by atoms with Crippen LogP contribution in [0.1, 0.15) is 20.0 Å². The Morgan fingerprint density at radius 1 is 1.40 bits per heavy atom. The second kappa shape index (κ2) is 2.94. The molecule has 0 aliphatic carbocycles. The van der Waals surface area contributed by atoms with E-state index in [1.165, 1.54) is 6.07 Å². The van der Waals surface area contributed by atoms with Crippen LogP contribution in [0.3, 0.4) is 0 Å². The van der Waals surface area contributed by atoms with Crippen molar-refractivity contribution in [3.63, 3.8) is 0 Å². The molecule has 0 aliphatic heterocycles. The number of carbonyl (C=O) groups is 2. The number of carbonyl (C=O) groups excluding carboxylic acids is 2. The maximum Gasteiger partial charge on any atom is 0.160 e. The molecule has 0 unspecified atom stereocenters. The van der Waals surface area contributed by atoms with Gasteiger partial charge in [0.2, 0.25) is 0 Å². The monoisotopic (exact) mass is 174 g/mol. The van der Waals surface area contributed by atoms with Crippen LogP contribution in [0.2, 0.25) is 4.34 Å². The van der Waals surface area contributed by atoms with E-state index in [0.717, 1.165) is 11.3 Å². The molecule has 1 heterocycles. The third-order valence-electron chi connectivity index (χ3n) is 0.995. The maximum atomic E-state index is 10.2. The molecule has 0 radical (unpaired) electrons. The summed E-state index contributed by atoms with van der Waals surface area (Å²) in [6.07, 6.45) is 1.24. The Hall–Kier alpha value is -0.670. The Kier molecular flexibility index (Phi) is 2.19. The van der Waals surface area contributed by atoms with Crippen LogP contribution in [0.5, 0.6) is 0 Å². The Morgan fingerprint density at radius 3 is 2.50 bits per heavy atom. The normalized spacial score (nSPS) is 9.30. The van der Waals surface area contributed by atoms with Crippen molar-refractivity contribution in [2.45, 2.75) is 0 Å². The molecule has 0 amide bonds. The van der Waals surface area contributed by atoms with Gasteiger partial charge in [0.05, 0.1) is 9.21 Å². The highest BCUT2D eigenvalue weighted by Crippen LogP contribution is 2.23. The fraction of sp³-hybridized carbons (Fsp3) is 0. The van der Waals surface area contributed by atoms with Gasteiger partial charge in [-0.1, -0.05) is 11.6 Å². The van der Waals surface area contributed by atoms with Gasteiger partial charge in [0, 0.05) is 5.56 Å². The van der Waals surface area contributed by atoms with Gasteiger partial charge in [-0.15, -0.1) is 11.3 Å². The van der Waals surface area contributed by atoms with Gasteiger partial charge < -0.3 is 0 Å². The molecule has 0 saturated carbocycles. The minimum atomic E-state index is 0.366. The summed E-state index contributed by atoms with van der Waals surface area (Å²) in [7, 11) is 0. The van der Waals surface area contributed by atoms with Crippen molar-refractivity contribution in [2.75, 3.05) is 0 Å². The van der Waals surface area contributed by atoms with E-state index in [1.54, 1.807) is 0 Å². The lowest BCUT2D eigenvalue weighted by molar-refractivity contribution is 0.109. The van der Waals surface area contributed by atoms with Crippen LogP contribution >= 0.6 is 22.9 Å². The predicted molar refractivity (Wildman–Crippen MR) is 40.1 cm³/mol. The summed E-state index contributed by atoms with van der Waals surface area (Å²) in [5.41, 5.74) is 0.366. The number of rotatable bonds is 2. The van der Waals surface area contributed by atoms with Crippen molar-refractivity contribution in [2.24, 2.45) is 0 Å². The van der Waals surface area contributed by atoms with Crippen molar-refractivity contribution in [1.29, 1.82) is 0 Å². The first-order valence-electron chi connectivity index (χ1n) is 2.47. The summed E-state index contributed by atoms with van der Waals surface area (Å²) in [4.78, 5) is 20.8. The van der Waals surface area contributed by atoms with Crippen LogP contribution in [0.15, 0.2) is 6.07 Å². The average molecular weight is 175 g/mol. The molecule has 0 bridgehead atoms. The highest BCUT2D eigenvalue weighted by Gasteiger charge is 2.04. The van der Waals surface area contributed by atoms with E-state index >= 15 is 0 Å². The number of aldehydes is 2. The zero-order valence-electron chi connectivity index (χ0n) is 4.83. The first-order chi connectivity index (χ1) is 4.77.